The minimum absolute atomic E-state index is 0.434. The molecule has 152 valence electrons. The van der Waals surface area contributed by atoms with E-state index in [0.717, 1.165) is 27.7 Å². The Morgan fingerprint density at radius 1 is 1.03 bits per heavy atom. The highest BCUT2D eigenvalue weighted by molar-refractivity contribution is 6.58. The summed E-state index contributed by atoms with van der Waals surface area (Å²) in [5.74, 6) is 1.58. The molecule has 30 heavy (non-hydrogen) atoms. The molecule has 0 saturated carbocycles. The molecule has 9 heteroatoms. The lowest BCUT2D eigenvalue weighted by molar-refractivity contribution is 0.425. The second-order valence-electron chi connectivity index (χ2n) is 7.32. The summed E-state index contributed by atoms with van der Waals surface area (Å²) in [7, 11) is 2.27. The maximum Gasteiger partial charge on any atom is 0.488 e. The first-order valence-corrected chi connectivity index (χ1v) is 9.62. The zero-order valence-electron chi connectivity index (χ0n) is 17.1. The van der Waals surface area contributed by atoms with Gasteiger partial charge in [-0.1, -0.05) is 42.5 Å². The zero-order valence-corrected chi connectivity index (χ0v) is 17.1. The molecule has 0 amide bonds. The molecule has 0 bridgehead atoms. The van der Waals surface area contributed by atoms with Crippen molar-refractivity contribution in [3.8, 4) is 11.4 Å². The number of aryl methyl sites for hydroxylation is 1. The number of fused-ring (bicyclic) bond motifs is 1. The van der Waals surface area contributed by atoms with E-state index in [4.69, 9.17) is 0 Å². The second-order valence-corrected chi connectivity index (χ2v) is 7.32. The van der Waals surface area contributed by atoms with E-state index in [-0.39, 0.29) is 0 Å². The summed E-state index contributed by atoms with van der Waals surface area (Å²) < 4.78 is 0. The van der Waals surface area contributed by atoms with Gasteiger partial charge in [-0.15, -0.1) is 0 Å². The third-order valence-electron chi connectivity index (χ3n) is 4.84. The van der Waals surface area contributed by atoms with E-state index in [1.165, 1.54) is 0 Å². The maximum absolute atomic E-state index is 9.38. The predicted molar refractivity (Wildman–Crippen MR) is 120 cm³/mol. The van der Waals surface area contributed by atoms with Crippen LogP contribution in [0, 0.1) is 6.92 Å². The van der Waals surface area contributed by atoms with Crippen LogP contribution in [0.3, 0.4) is 0 Å². The third-order valence-corrected chi connectivity index (χ3v) is 4.84. The number of aromatic nitrogens is 4. The van der Waals surface area contributed by atoms with Crippen molar-refractivity contribution in [3.05, 3.63) is 59.8 Å². The molecule has 0 unspecified atom stereocenters. The molecule has 0 saturated heterocycles. The molecule has 0 aliphatic carbocycles. The summed E-state index contributed by atoms with van der Waals surface area (Å²) in [5, 5.41) is 23.0. The fourth-order valence-corrected chi connectivity index (χ4v) is 3.37. The van der Waals surface area contributed by atoms with Crippen LogP contribution in [0.2, 0.25) is 0 Å². The fraction of sp³-hybridized carbons (Fsp3) is 0.190. The SMILES string of the molecule is Cc1[nH]c2ccccc2c1-c1nc(NCc2cccc(B(O)O)c2)nc(N(C)C)n1. The zero-order chi connectivity index (χ0) is 21.3. The molecule has 0 fully saturated rings. The van der Waals surface area contributed by atoms with E-state index in [1.54, 1.807) is 18.2 Å². The summed E-state index contributed by atoms with van der Waals surface area (Å²) >= 11 is 0. The Morgan fingerprint density at radius 3 is 2.60 bits per heavy atom. The molecule has 0 spiro atoms. The van der Waals surface area contributed by atoms with Crippen LogP contribution in [-0.2, 0) is 6.54 Å². The molecular formula is C21H23BN6O2. The number of hydrogen-bond donors (Lipinski definition) is 4. The number of hydrogen-bond acceptors (Lipinski definition) is 7. The van der Waals surface area contributed by atoms with Gasteiger partial charge in [0.05, 0.1) is 0 Å². The van der Waals surface area contributed by atoms with Crippen molar-refractivity contribution in [2.24, 2.45) is 0 Å². The number of anilines is 2. The molecule has 0 atom stereocenters. The molecule has 2 aromatic heterocycles. The smallest absolute Gasteiger partial charge is 0.423 e. The van der Waals surface area contributed by atoms with Gasteiger partial charge in [0, 0.05) is 42.8 Å². The highest BCUT2D eigenvalue weighted by Crippen LogP contribution is 2.30. The van der Waals surface area contributed by atoms with Crippen LogP contribution >= 0.6 is 0 Å². The molecule has 4 rings (SSSR count). The Labute approximate surface area is 174 Å². The lowest BCUT2D eigenvalue weighted by atomic mass is 9.80. The summed E-state index contributed by atoms with van der Waals surface area (Å²) in [6.45, 7) is 2.44. The normalized spacial score (nSPS) is 11.0. The Balaban J connectivity index is 1.70. The van der Waals surface area contributed by atoms with Crippen molar-refractivity contribution < 1.29 is 10.0 Å². The lowest BCUT2D eigenvalue weighted by Crippen LogP contribution is -2.30. The van der Waals surface area contributed by atoms with Gasteiger partial charge in [-0.2, -0.15) is 15.0 Å². The van der Waals surface area contributed by atoms with Crippen molar-refractivity contribution in [3.63, 3.8) is 0 Å². The summed E-state index contributed by atoms with van der Waals surface area (Å²) in [4.78, 5) is 19.1. The van der Waals surface area contributed by atoms with Gasteiger partial charge in [-0.25, -0.2) is 0 Å². The topological polar surface area (TPSA) is 110 Å². The first-order valence-electron chi connectivity index (χ1n) is 9.62. The first kappa shape index (κ1) is 19.9. The van der Waals surface area contributed by atoms with Gasteiger partial charge in [-0.3, -0.25) is 0 Å². The Kier molecular flexibility index (Phi) is 5.39. The van der Waals surface area contributed by atoms with E-state index in [0.29, 0.717) is 29.7 Å². The van der Waals surface area contributed by atoms with Gasteiger partial charge in [-0.05, 0) is 24.0 Å². The van der Waals surface area contributed by atoms with Crippen molar-refractivity contribution in [1.29, 1.82) is 0 Å². The number of nitrogens with one attached hydrogen (secondary N) is 2. The largest absolute Gasteiger partial charge is 0.488 e. The molecule has 0 aliphatic rings. The van der Waals surface area contributed by atoms with Crippen LogP contribution in [0.15, 0.2) is 48.5 Å². The van der Waals surface area contributed by atoms with Gasteiger partial charge in [0.2, 0.25) is 11.9 Å². The number of rotatable bonds is 6. The number of benzene rings is 2. The first-order chi connectivity index (χ1) is 14.4. The van der Waals surface area contributed by atoms with E-state index in [9.17, 15) is 10.0 Å². The van der Waals surface area contributed by atoms with Gasteiger partial charge >= 0.3 is 7.12 Å². The lowest BCUT2D eigenvalue weighted by Gasteiger charge is -2.14. The Bertz CT molecular complexity index is 1190. The van der Waals surface area contributed by atoms with E-state index >= 15 is 0 Å². The van der Waals surface area contributed by atoms with Crippen molar-refractivity contribution in [2.75, 3.05) is 24.3 Å². The average Bonchev–Trinajstić information content (AvgIpc) is 3.08. The molecule has 2 heterocycles. The standard InChI is InChI=1S/C21H23BN6O2/c1-13-18(16-9-4-5-10-17(16)24-13)19-25-20(27-21(26-19)28(2)3)23-12-14-7-6-8-15(11-14)22(29)30/h4-11,24,29-30H,12H2,1-3H3,(H,23,25,26,27). The van der Waals surface area contributed by atoms with E-state index in [1.807, 2.05) is 56.3 Å². The maximum atomic E-state index is 9.38. The van der Waals surface area contributed by atoms with Crippen LogP contribution in [0.4, 0.5) is 11.9 Å². The van der Waals surface area contributed by atoms with E-state index < -0.39 is 7.12 Å². The monoisotopic (exact) mass is 402 g/mol. The van der Waals surface area contributed by atoms with Crippen molar-refractivity contribution in [1.82, 2.24) is 19.9 Å². The molecule has 0 aliphatic heterocycles. The minimum Gasteiger partial charge on any atom is -0.423 e. The van der Waals surface area contributed by atoms with Crippen LogP contribution in [-0.4, -0.2) is 51.2 Å². The number of para-hydroxylation sites is 1. The predicted octanol–water partition coefficient (Wildman–Crippen LogP) is 1.69. The van der Waals surface area contributed by atoms with Gasteiger partial charge in [0.1, 0.15) is 0 Å². The van der Waals surface area contributed by atoms with Crippen LogP contribution < -0.4 is 15.7 Å². The molecule has 4 aromatic rings. The van der Waals surface area contributed by atoms with Crippen LogP contribution in [0.25, 0.3) is 22.3 Å². The summed E-state index contributed by atoms with van der Waals surface area (Å²) in [6, 6.07) is 15.1. The van der Waals surface area contributed by atoms with Crippen LogP contribution in [0.1, 0.15) is 11.3 Å². The van der Waals surface area contributed by atoms with E-state index in [2.05, 4.69) is 25.3 Å². The number of H-pyrrole nitrogens is 1. The highest BCUT2D eigenvalue weighted by Gasteiger charge is 2.17. The molecule has 0 radical (unpaired) electrons. The molecule has 4 N–H and O–H groups in total. The summed E-state index contributed by atoms with van der Waals surface area (Å²) in [5.41, 5.74) is 4.30. The third kappa shape index (κ3) is 3.98. The number of aromatic amines is 1. The minimum atomic E-state index is -1.50. The Morgan fingerprint density at radius 2 is 1.83 bits per heavy atom. The summed E-state index contributed by atoms with van der Waals surface area (Å²) in [6.07, 6.45) is 0. The fourth-order valence-electron chi connectivity index (χ4n) is 3.37. The highest BCUT2D eigenvalue weighted by atomic mass is 16.4. The van der Waals surface area contributed by atoms with Gasteiger partial charge < -0.3 is 25.2 Å². The molecule has 8 nitrogen and oxygen atoms in total. The number of nitrogens with zero attached hydrogens (tertiary/aromatic N) is 4. The van der Waals surface area contributed by atoms with Crippen LogP contribution in [0.5, 0.6) is 0 Å². The second kappa shape index (κ2) is 8.13. The van der Waals surface area contributed by atoms with Crippen molar-refractivity contribution in [2.45, 2.75) is 13.5 Å². The molecule has 2 aromatic carbocycles. The van der Waals surface area contributed by atoms with Crippen molar-refractivity contribution >= 4 is 35.4 Å². The van der Waals surface area contributed by atoms with Gasteiger partial charge in [0.15, 0.2) is 5.82 Å². The average molecular weight is 402 g/mol. The quantitative estimate of drug-likeness (QED) is 0.363. The van der Waals surface area contributed by atoms with Gasteiger partial charge in [0.25, 0.3) is 0 Å². The molecular weight excluding hydrogens is 379 g/mol. The Hall–Kier alpha value is -3.43.